The summed E-state index contributed by atoms with van der Waals surface area (Å²) in [5.74, 6) is 9.14. The number of hydrogen-bond donors (Lipinski definition) is 3. The molecule has 0 heterocycles. The van der Waals surface area contributed by atoms with E-state index in [-0.39, 0.29) is 0 Å². The molecule has 0 rings (SSSR count). The summed E-state index contributed by atoms with van der Waals surface area (Å²) < 4.78 is 10.1. The van der Waals surface area contributed by atoms with Crippen LogP contribution in [0.4, 0.5) is 0 Å². The van der Waals surface area contributed by atoms with Gasteiger partial charge in [-0.2, -0.15) is 4.61 Å². The first-order valence-corrected chi connectivity index (χ1v) is 2.80. The summed E-state index contributed by atoms with van der Waals surface area (Å²) in [6.07, 6.45) is 0. The molecule has 0 fully saturated rings. The van der Waals surface area contributed by atoms with Gasteiger partial charge in [-0.05, 0) is 11.8 Å². The monoisotopic (exact) mass is 145 g/mol. The first-order chi connectivity index (χ1) is 3.35. The predicted octanol–water partition coefficient (Wildman–Crippen LogP) is -0.263. The van der Waals surface area contributed by atoms with E-state index in [2.05, 4.69) is 21.0 Å². The van der Waals surface area contributed by atoms with Crippen molar-refractivity contribution in [1.82, 2.24) is 4.61 Å². The van der Waals surface area contributed by atoms with Gasteiger partial charge in [0.25, 0.3) is 0 Å². The molecule has 0 aromatic rings. The van der Waals surface area contributed by atoms with Crippen LogP contribution in [0, 0.1) is 0 Å². The summed E-state index contributed by atoms with van der Waals surface area (Å²) in [6.45, 7) is 0. The highest BCUT2D eigenvalue weighted by molar-refractivity contribution is 7.46. The molecule has 0 radical (unpaired) electrons. The zero-order valence-electron chi connectivity index (χ0n) is 3.30. The van der Waals surface area contributed by atoms with Crippen LogP contribution in [0.25, 0.3) is 0 Å². The fourth-order valence-electron chi connectivity index (χ4n) is 0.0647. The molecule has 7 heavy (non-hydrogen) atoms. The molecule has 0 aromatic carbocycles. The number of rotatable bonds is 3. The molecule has 0 bridgehead atoms. The van der Waals surface area contributed by atoms with Crippen LogP contribution in [0.2, 0.25) is 0 Å². The normalized spacial score (nSPS) is 10.3. The van der Waals surface area contributed by atoms with Gasteiger partial charge in [0, 0.05) is 0 Å². The van der Waals surface area contributed by atoms with Gasteiger partial charge in [0.1, 0.15) is 0 Å². The van der Waals surface area contributed by atoms with Gasteiger partial charge in [0.2, 0.25) is 0 Å². The Bertz CT molecular complexity index is 34.4. The van der Waals surface area contributed by atoms with E-state index in [4.69, 9.17) is 11.8 Å². The molecule has 0 unspecified atom stereocenters. The van der Waals surface area contributed by atoms with Crippen molar-refractivity contribution < 1.29 is 9.25 Å². The minimum Gasteiger partial charge on any atom is -0.235 e. The average molecular weight is 145 g/mol. The van der Waals surface area contributed by atoms with Crippen LogP contribution in [0.1, 0.15) is 0 Å². The van der Waals surface area contributed by atoms with Gasteiger partial charge >= 0.3 is 8.53 Å². The lowest BCUT2D eigenvalue weighted by molar-refractivity contribution is 0.258. The SMILES string of the molecule is NOP(NCl)ON. The van der Waals surface area contributed by atoms with E-state index in [1.807, 2.05) is 4.61 Å². The standard InChI is InChI=1S/ClH5N3O2P/c1-4-7(5-2)6-3/h4H,2-3H2. The van der Waals surface area contributed by atoms with Gasteiger partial charge < -0.3 is 0 Å². The third-order valence-corrected chi connectivity index (χ3v) is 1.20. The highest BCUT2D eigenvalue weighted by atomic mass is 35.5. The third kappa shape index (κ3) is 3.13. The zero-order chi connectivity index (χ0) is 5.70. The first kappa shape index (κ1) is 7.52. The quantitative estimate of drug-likeness (QED) is 0.290. The van der Waals surface area contributed by atoms with Crippen molar-refractivity contribution in [1.29, 1.82) is 0 Å². The highest BCUT2D eigenvalue weighted by Crippen LogP contribution is 2.27. The highest BCUT2D eigenvalue weighted by Gasteiger charge is 2.02. The topological polar surface area (TPSA) is 82.5 Å². The van der Waals surface area contributed by atoms with Gasteiger partial charge in [0.15, 0.2) is 0 Å². The van der Waals surface area contributed by atoms with Crippen molar-refractivity contribution in [3.63, 3.8) is 0 Å². The molecule has 0 amide bonds. The van der Waals surface area contributed by atoms with Crippen molar-refractivity contribution in [2.24, 2.45) is 11.8 Å². The van der Waals surface area contributed by atoms with E-state index in [0.717, 1.165) is 0 Å². The summed E-state index contributed by atoms with van der Waals surface area (Å²) in [4.78, 5) is 0. The lowest BCUT2D eigenvalue weighted by atomic mass is 13.6. The van der Waals surface area contributed by atoms with E-state index in [0.29, 0.717) is 0 Å². The minimum absolute atomic E-state index is 1.48. The molecule has 0 aromatic heterocycles. The Balaban J connectivity index is 2.99. The minimum atomic E-state index is -1.48. The fraction of sp³-hybridized carbons (Fsp3) is 0. The molecule has 0 aliphatic carbocycles. The number of halogens is 1. The second-order valence-corrected chi connectivity index (χ2v) is 2.16. The Morgan fingerprint density at radius 1 is 1.43 bits per heavy atom. The molecule has 5 N–H and O–H groups in total. The second-order valence-electron chi connectivity index (χ2n) is 0.552. The predicted molar refractivity (Wildman–Crippen MR) is 26.5 cm³/mol. The Morgan fingerprint density at radius 2 is 1.86 bits per heavy atom. The summed E-state index contributed by atoms with van der Waals surface area (Å²) >= 11 is 4.94. The molecule has 0 saturated carbocycles. The van der Waals surface area contributed by atoms with Crippen molar-refractivity contribution in [3.8, 4) is 0 Å². The van der Waals surface area contributed by atoms with Crippen molar-refractivity contribution >= 4 is 20.3 Å². The molecule has 0 atom stereocenters. The van der Waals surface area contributed by atoms with E-state index >= 15 is 0 Å². The lowest BCUT2D eigenvalue weighted by Crippen LogP contribution is -2.06. The lowest BCUT2D eigenvalue weighted by Gasteiger charge is -2.03. The van der Waals surface area contributed by atoms with E-state index < -0.39 is 8.53 Å². The maximum absolute atomic E-state index is 4.94. The molecular formula is H5ClN3O2P. The summed E-state index contributed by atoms with van der Waals surface area (Å²) in [5.41, 5.74) is 0. The van der Waals surface area contributed by atoms with Crippen LogP contribution < -0.4 is 16.4 Å². The van der Waals surface area contributed by atoms with Crippen LogP contribution in [-0.4, -0.2) is 0 Å². The number of hydrogen-bond acceptors (Lipinski definition) is 5. The molecule has 44 valence electrons. The molecule has 0 aliphatic heterocycles. The van der Waals surface area contributed by atoms with Crippen LogP contribution in [0.15, 0.2) is 0 Å². The van der Waals surface area contributed by atoms with Crippen LogP contribution in [0.5, 0.6) is 0 Å². The van der Waals surface area contributed by atoms with Crippen molar-refractivity contribution in [2.75, 3.05) is 0 Å². The van der Waals surface area contributed by atoms with Crippen LogP contribution in [-0.2, 0) is 9.25 Å². The molecule has 0 spiro atoms. The third-order valence-electron chi connectivity index (χ3n) is 0.260. The van der Waals surface area contributed by atoms with Crippen molar-refractivity contribution in [3.05, 3.63) is 0 Å². The van der Waals surface area contributed by atoms with Crippen LogP contribution >= 0.6 is 20.3 Å². The average Bonchev–Trinajstić information content (AvgIpc) is 1.72. The summed E-state index contributed by atoms with van der Waals surface area (Å²) in [7, 11) is -1.48. The van der Waals surface area contributed by atoms with Gasteiger partial charge in [-0.1, -0.05) is 0 Å². The number of nitrogens with one attached hydrogen (secondary N) is 1. The maximum atomic E-state index is 4.94. The Morgan fingerprint density at radius 3 is 1.86 bits per heavy atom. The second kappa shape index (κ2) is 4.67. The smallest absolute Gasteiger partial charge is 0.235 e. The largest absolute Gasteiger partial charge is 0.306 e. The van der Waals surface area contributed by atoms with Gasteiger partial charge in [-0.15, -0.1) is 0 Å². The molecule has 0 aliphatic rings. The van der Waals surface area contributed by atoms with Gasteiger partial charge in [0.05, 0.1) is 0 Å². The zero-order valence-corrected chi connectivity index (χ0v) is 4.95. The molecule has 5 nitrogen and oxygen atoms in total. The summed E-state index contributed by atoms with van der Waals surface area (Å²) in [6, 6.07) is 0. The maximum Gasteiger partial charge on any atom is 0.306 e. The Hall–Kier alpha value is 0.520. The van der Waals surface area contributed by atoms with Crippen molar-refractivity contribution in [2.45, 2.75) is 0 Å². The van der Waals surface area contributed by atoms with E-state index in [9.17, 15) is 0 Å². The van der Waals surface area contributed by atoms with E-state index in [1.165, 1.54) is 0 Å². The Labute approximate surface area is 46.9 Å². The summed E-state index contributed by atoms with van der Waals surface area (Å²) in [5, 5.41) is 0. The molecular weight excluding hydrogens is 140 g/mol. The van der Waals surface area contributed by atoms with E-state index in [1.54, 1.807) is 0 Å². The van der Waals surface area contributed by atoms with Gasteiger partial charge in [-0.3, -0.25) is 0 Å². The van der Waals surface area contributed by atoms with Crippen LogP contribution in [0.3, 0.4) is 0 Å². The number of nitrogens with two attached hydrogens (primary N) is 2. The molecule has 0 saturated heterocycles. The Kier molecular flexibility index (Phi) is 5.02. The molecule has 7 heteroatoms. The first-order valence-electron chi connectivity index (χ1n) is 1.25. The van der Waals surface area contributed by atoms with Gasteiger partial charge in [-0.25, -0.2) is 21.0 Å². The fourth-order valence-corrected chi connectivity index (χ4v) is 0.433.